The molecule has 4 unspecified atom stereocenters. The smallest absolute Gasteiger partial charge is 0.0685 e. The highest BCUT2D eigenvalue weighted by atomic mass is 16.5. The summed E-state index contributed by atoms with van der Waals surface area (Å²) < 4.78 is 6.23. The van der Waals surface area contributed by atoms with Crippen LogP contribution in [0.25, 0.3) is 0 Å². The predicted octanol–water partition coefficient (Wildman–Crippen LogP) is 4.41. The second-order valence-electron chi connectivity index (χ2n) is 8.09. The quantitative estimate of drug-likeness (QED) is 0.605. The van der Waals surface area contributed by atoms with E-state index in [1.807, 2.05) is 0 Å². The van der Waals surface area contributed by atoms with Gasteiger partial charge in [-0.05, 0) is 54.3 Å². The first-order chi connectivity index (χ1) is 7.89. The maximum atomic E-state index is 6.23. The van der Waals surface area contributed by atoms with E-state index in [1.165, 1.54) is 38.5 Å². The Morgan fingerprint density at radius 2 is 1.71 bits per heavy atom. The standard InChI is InChI=1S/C16H28O/c1-14(2)7-5-8-16(4)12(14)6-9-15(3)10-11-17-13(15)16/h12-13H,5-11H2,1-4H3. The van der Waals surface area contributed by atoms with Crippen LogP contribution in [0.1, 0.15) is 66.2 Å². The first kappa shape index (κ1) is 12.0. The monoisotopic (exact) mass is 236 g/mol. The van der Waals surface area contributed by atoms with Gasteiger partial charge in [-0.2, -0.15) is 0 Å². The average molecular weight is 236 g/mol. The number of rotatable bonds is 0. The van der Waals surface area contributed by atoms with Gasteiger partial charge in [0.2, 0.25) is 0 Å². The summed E-state index contributed by atoms with van der Waals surface area (Å²) in [5.74, 6) is 0.875. The summed E-state index contributed by atoms with van der Waals surface area (Å²) in [6.07, 6.45) is 8.85. The molecule has 1 heteroatoms. The van der Waals surface area contributed by atoms with Crippen LogP contribution < -0.4 is 0 Å². The van der Waals surface area contributed by atoms with Gasteiger partial charge in [0.1, 0.15) is 0 Å². The van der Waals surface area contributed by atoms with Gasteiger partial charge in [0, 0.05) is 6.61 Å². The van der Waals surface area contributed by atoms with Crippen molar-refractivity contribution in [2.75, 3.05) is 6.61 Å². The maximum Gasteiger partial charge on any atom is 0.0685 e. The Bertz CT molecular complexity index is 317. The van der Waals surface area contributed by atoms with Gasteiger partial charge in [0.25, 0.3) is 0 Å². The molecular formula is C16H28O. The lowest BCUT2D eigenvalue weighted by atomic mass is 9.46. The molecule has 3 fully saturated rings. The van der Waals surface area contributed by atoms with Gasteiger partial charge < -0.3 is 4.74 Å². The molecule has 1 heterocycles. The second-order valence-corrected chi connectivity index (χ2v) is 8.09. The zero-order valence-electron chi connectivity index (χ0n) is 12.0. The summed E-state index contributed by atoms with van der Waals surface area (Å²) in [6, 6.07) is 0. The van der Waals surface area contributed by atoms with Gasteiger partial charge in [0.15, 0.2) is 0 Å². The van der Waals surface area contributed by atoms with E-state index >= 15 is 0 Å². The molecule has 0 radical (unpaired) electrons. The van der Waals surface area contributed by atoms with Gasteiger partial charge in [-0.3, -0.25) is 0 Å². The molecule has 3 rings (SSSR count). The van der Waals surface area contributed by atoms with Crippen LogP contribution in [0.3, 0.4) is 0 Å². The van der Waals surface area contributed by atoms with E-state index in [0.717, 1.165) is 12.5 Å². The average Bonchev–Trinajstić information content (AvgIpc) is 2.60. The Balaban J connectivity index is 1.98. The van der Waals surface area contributed by atoms with Crippen molar-refractivity contribution in [3.05, 3.63) is 0 Å². The minimum atomic E-state index is 0.450. The fourth-order valence-electron chi connectivity index (χ4n) is 5.66. The van der Waals surface area contributed by atoms with Gasteiger partial charge >= 0.3 is 0 Å². The lowest BCUT2D eigenvalue weighted by Crippen LogP contribution is -2.56. The van der Waals surface area contributed by atoms with Crippen molar-refractivity contribution in [2.24, 2.45) is 22.2 Å². The molecule has 0 aromatic heterocycles. The minimum absolute atomic E-state index is 0.450. The van der Waals surface area contributed by atoms with Crippen molar-refractivity contribution in [2.45, 2.75) is 72.3 Å². The highest BCUT2D eigenvalue weighted by molar-refractivity contribution is 5.09. The minimum Gasteiger partial charge on any atom is -0.377 e. The molecule has 0 bridgehead atoms. The molecule has 1 saturated heterocycles. The third-order valence-corrected chi connectivity index (χ3v) is 6.47. The van der Waals surface area contributed by atoms with Gasteiger partial charge in [-0.1, -0.05) is 34.1 Å². The van der Waals surface area contributed by atoms with E-state index in [9.17, 15) is 0 Å². The third kappa shape index (κ3) is 1.54. The number of fused-ring (bicyclic) bond motifs is 3. The van der Waals surface area contributed by atoms with Crippen molar-refractivity contribution in [1.82, 2.24) is 0 Å². The van der Waals surface area contributed by atoms with E-state index < -0.39 is 0 Å². The maximum absolute atomic E-state index is 6.23. The van der Waals surface area contributed by atoms with Crippen LogP contribution in [0.15, 0.2) is 0 Å². The highest BCUT2D eigenvalue weighted by Gasteiger charge is 2.60. The summed E-state index contributed by atoms with van der Waals surface area (Å²) >= 11 is 0. The van der Waals surface area contributed by atoms with Gasteiger partial charge in [-0.25, -0.2) is 0 Å². The molecule has 3 aliphatic rings. The lowest BCUT2D eigenvalue weighted by molar-refractivity contribution is -0.156. The molecule has 17 heavy (non-hydrogen) atoms. The molecule has 1 nitrogen and oxygen atoms in total. The van der Waals surface area contributed by atoms with Crippen LogP contribution >= 0.6 is 0 Å². The fraction of sp³-hybridized carbons (Fsp3) is 1.00. The zero-order chi connectivity index (χ0) is 12.3. The van der Waals surface area contributed by atoms with Crippen LogP contribution in [0, 0.1) is 22.2 Å². The summed E-state index contributed by atoms with van der Waals surface area (Å²) in [5.41, 5.74) is 1.46. The number of ether oxygens (including phenoxy) is 1. The fourth-order valence-corrected chi connectivity index (χ4v) is 5.66. The summed E-state index contributed by atoms with van der Waals surface area (Å²) in [7, 11) is 0. The van der Waals surface area contributed by atoms with Crippen LogP contribution in [0.2, 0.25) is 0 Å². The SMILES string of the molecule is CC1(C)CCCC2(C)C1CCC1(C)CCOC12. The van der Waals surface area contributed by atoms with Crippen molar-refractivity contribution in [1.29, 1.82) is 0 Å². The Morgan fingerprint density at radius 3 is 2.47 bits per heavy atom. The van der Waals surface area contributed by atoms with Crippen LogP contribution in [0.4, 0.5) is 0 Å². The molecule has 98 valence electrons. The molecule has 2 aliphatic carbocycles. The number of hydrogen-bond donors (Lipinski definition) is 0. The topological polar surface area (TPSA) is 9.23 Å². The van der Waals surface area contributed by atoms with Gasteiger partial charge in [-0.15, -0.1) is 0 Å². The summed E-state index contributed by atoms with van der Waals surface area (Å²) in [5, 5.41) is 0. The Kier molecular flexibility index (Phi) is 2.47. The van der Waals surface area contributed by atoms with Crippen molar-refractivity contribution >= 4 is 0 Å². The van der Waals surface area contributed by atoms with Crippen LogP contribution in [-0.2, 0) is 4.74 Å². The summed E-state index contributed by atoms with van der Waals surface area (Å²) in [6.45, 7) is 11.0. The largest absolute Gasteiger partial charge is 0.377 e. The molecule has 0 spiro atoms. The molecule has 1 aliphatic heterocycles. The second kappa shape index (κ2) is 3.50. The van der Waals surface area contributed by atoms with E-state index in [4.69, 9.17) is 4.74 Å². The third-order valence-electron chi connectivity index (χ3n) is 6.47. The normalized spacial score (nSPS) is 52.9. The van der Waals surface area contributed by atoms with Crippen molar-refractivity contribution in [3.63, 3.8) is 0 Å². The molecule has 4 atom stereocenters. The van der Waals surface area contributed by atoms with Crippen molar-refractivity contribution < 1.29 is 4.74 Å². The Labute approximate surface area is 106 Å². The molecule has 0 aromatic carbocycles. The Morgan fingerprint density at radius 1 is 0.941 bits per heavy atom. The first-order valence-electron chi connectivity index (χ1n) is 7.50. The highest BCUT2D eigenvalue weighted by Crippen LogP contribution is 2.64. The molecule has 0 amide bonds. The van der Waals surface area contributed by atoms with Gasteiger partial charge in [0.05, 0.1) is 6.10 Å². The number of hydrogen-bond acceptors (Lipinski definition) is 1. The van der Waals surface area contributed by atoms with E-state index in [2.05, 4.69) is 27.7 Å². The summed E-state index contributed by atoms with van der Waals surface area (Å²) in [4.78, 5) is 0. The van der Waals surface area contributed by atoms with E-state index in [-0.39, 0.29) is 0 Å². The predicted molar refractivity (Wildman–Crippen MR) is 70.9 cm³/mol. The van der Waals surface area contributed by atoms with Crippen LogP contribution in [0.5, 0.6) is 0 Å². The van der Waals surface area contributed by atoms with Crippen LogP contribution in [-0.4, -0.2) is 12.7 Å². The van der Waals surface area contributed by atoms with E-state index in [0.29, 0.717) is 22.3 Å². The zero-order valence-corrected chi connectivity index (χ0v) is 12.0. The van der Waals surface area contributed by atoms with Crippen molar-refractivity contribution in [3.8, 4) is 0 Å². The first-order valence-corrected chi connectivity index (χ1v) is 7.50. The molecule has 2 saturated carbocycles. The molecule has 0 N–H and O–H groups in total. The molecular weight excluding hydrogens is 208 g/mol. The molecule has 0 aromatic rings. The Hall–Kier alpha value is -0.0400. The lowest BCUT2D eigenvalue weighted by Gasteiger charge is -2.60. The van der Waals surface area contributed by atoms with E-state index in [1.54, 1.807) is 0 Å².